The summed E-state index contributed by atoms with van der Waals surface area (Å²) < 4.78 is 0. The predicted octanol–water partition coefficient (Wildman–Crippen LogP) is 2.93. The molecule has 2 rings (SSSR count). The zero-order valence-electron chi connectivity index (χ0n) is 13.2. The van der Waals surface area contributed by atoms with Gasteiger partial charge >= 0.3 is 0 Å². The molecule has 0 unspecified atom stereocenters. The predicted molar refractivity (Wildman–Crippen MR) is 85.1 cm³/mol. The van der Waals surface area contributed by atoms with Crippen LogP contribution < -0.4 is 10.2 Å². The summed E-state index contributed by atoms with van der Waals surface area (Å²) in [6, 6.07) is 8.59. The summed E-state index contributed by atoms with van der Waals surface area (Å²) in [5.41, 5.74) is 2.28. The third kappa shape index (κ3) is 4.22. The van der Waals surface area contributed by atoms with Crippen LogP contribution in [0.15, 0.2) is 24.3 Å². The lowest BCUT2D eigenvalue weighted by Crippen LogP contribution is -2.43. The molecule has 0 aliphatic carbocycles. The van der Waals surface area contributed by atoms with E-state index in [9.17, 15) is 5.11 Å². The molecule has 1 aliphatic rings. The van der Waals surface area contributed by atoms with Gasteiger partial charge in [0.15, 0.2) is 0 Å². The number of para-hydroxylation sites is 1. The standard InChI is InChI=1S/C17H28N2O/c1-16(2,3)18-13-14-7-5-6-8-15(14)19-11-9-17(4,20)10-12-19/h5-8,18,20H,9-13H2,1-4H3. The maximum atomic E-state index is 10.1. The highest BCUT2D eigenvalue weighted by molar-refractivity contribution is 5.54. The second kappa shape index (κ2) is 5.74. The van der Waals surface area contributed by atoms with E-state index in [4.69, 9.17) is 0 Å². The monoisotopic (exact) mass is 276 g/mol. The molecule has 1 heterocycles. The quantitative estimate of drug-likeness (QED) is 0.891. The zero-order valence-corrected chi connectivity index (χ0v) is 13.2. The lowest BCUT2D eigenvalue weighted by atomic mass is 9.93. The summed E-state index contributed by atoms with van der Waals surface area (Å²) >= 11 is 0. The molecule has 0 atom stereocenters. The Kier molecular flexibility index (Phi) is 4.40. The molecule has 20 heavy (non-hydrogen) atoms. The number of piperidine rings is 1. The van der Waals surface area contributed by atoms with Gasteiger partial charge in [-0.2, -0.15) is 0 Å². The Morgan fingerprint density at radius 3 is 2.40 bits per heavy atom. The molecule has 1 aliphatic heterocycles. The molecule has 0 radical (unpaired) electrons. The van der Waals surface area contributed by atoms with Gasteiger partial charge in [-0.3, -0.25) is 0 Å². The molecule has 0 aromatic heterocycles. The minimum atomic E-state index is -0.491. The van der Waals surface area contributed by atoms with Gasteiger partial charge in [0.2, 0.25) is 0 Å². The number of anilines is 1. The number of rotatable bonds is 3. The van der Waals surface area contributed by atoms with Crippen LogP contribution in [0.3, 0.4) is 0 Å². The van der Waals surface area contributed by atoms with Crippen LogP contribution in [0.2, 0.25) is 0 Å². The van der Waals surface area contributed by atoms with Crippen molar-refractivity contribution in [2.45, 2.75) is 58.2 Å². The Morgan fingerprint density at radius 2 is 1.80 bits per heavy atom. The van der Waals surface area contributed by atoms with Gasteiger partial charge < -0.3 is 15.3 Å². The molecular weight excluding hydrogens is 248 g/mol. The molecule has 1 aromatic carbocycles. The van der Waals surface area contributed by atoms with Crippen LogP contribution in [0.4, 0.5) is 5.69 Å². The number of hydrogen-bond donors (Lipinski definition) is 2. The van der Waals surface area contributed by atoms with Crippen molar-refractivity contribution in [3.63, 3.8) is 0 Å². The molecule has 3 nitrogen and oxygen atoms in total. The zero-order chi connectivity index (χ0) is 14.8. The molecule has 0 saturated carbocycles. The summed E-state index contributed by atoms with van der Waals surface area (Å²) in [7, 11) is 0. The lowest BCUT2D eigenvalue weighted by Gasteiger charge is -2.38. The third-order valence-corrected chi connectivity index (χ3v) is 3.98. The number of benzene rings is 1. The molecule has 1 saturated heterocycles. The van der Waals surface area contributed by atoms with Gasteiger partial charge in [-0.15, -0.1) is 0 Å². The number of nitrogens with zero attached hydrogens (tertiary/aromatic N) is 1. The van der Waals surface area contributed by atoms with E-state index in [2.05, 4.69) is 55.3 Å². The molecule has 0 amide bonds. The molecule has 2 N–H and O–H groups in total. The number of aliphatic hydroxyl groups is 1. The van der Waals surface area contributed by atoms with Gasteiger partial charge in [0.1, 0.15) is 0 Å². The Bertz CT molecular complexity index is 439. The first kappa shape index (κ1) is 15.3. The summed E-state index contributed by atoms with van der Waals surface area (Å²) in [4.78, 5) is 2.40. The molecule has 1 aromatic rings. The van der Waals surface area contributed by atoms with Crippen molar-refractivity contribution >= 4 is 5.69 Å². The molecule has 112 valence electrons. The fourth-order valence-electron chi connectivity index (χ4n) is 2.56. The molecular formula is C17H28N2O. The van der Waals surface area contributed by atoms with E-state index in [1.165, 1.54) is 11.3 Å². The van der Waals surface area contributed by atoms with Gasteiger partial charge in [0.25, 0.3) is 0 Å². The summed E-state index contributed by atoms with van der Waals surface area (Å²) in [6.45, 7) is 11.2. The van der Waals surface area contributed by atoms with Crippen molar-refractivity contribution in [3.8, 4) is 0 Å². The summed E-state index contributed by atoms with van der Waals surface area (Å²) in [6.07, 6.45) is 1.68. The number of hydrogen-bond acceptors (Lipinski definition) is 3. The van der Waals surface area contributed by atoms with Crippen LogP contribution in [-0.4, -0.2) is 29.3 Å². The first-order valence-corrected chi connectivity index (χ1v) is 7.57. The highest BCUT2D eigenvalue weighted by Gasteiger charge is 2.28. The van der Waals surface area contributed by atoms with Crippen LogP contribution in [0, 0.1) is 0 Å². The molecule has 3 heteroatoms. The Hall–Kier alpha value is -1.06. The SMILES string of the molecule is CC1(O)CCN(c2ccccc2CNC(C)(C)C)CC1. The average molecular weight is 276 g/mol. The fraction of sp³-hybridized carbons (Fsp3) is 0.647. The second-order valence-electron chi connectivity index (χ2n) is 7.22. The summed E-state index contributed by atoms with van der Waals surface area (Å²) in [5, 5.41) is 13.6. The van der Waals surface area contributed by atoms with Gasteiger partial charge in [-0.1, -0.05) is 18.2 Å². The minimum absolute atomic E-state index is 0.124. The second-order valence-corrected chi connectivity index (χ2v) is 7.22. The third-order valence-electron chi connectivity index (χ3n) is 3.98. The van der Waals surface area contributed by atoms with E-state index < -0.39 is 5.60 Å². The van der Waals surface area contributed by atoms with Crippen LogP contribution in [0.1, 0.15) is 46.1 Å². The van der Waals surface area contributed by atoms with Crippen LogP contribution in [-0.2, 0) is 6.54 Å². The lowest BCUT2D eigenvalue weighted by molar-refractivity contribution is 0.0351. The van der Waals surface area contributed by atoms with Crippen molar-refractivity contribution in [1.82, 2.24) is 5.32 Å². The van der Waals surface area contributed by atoms with Gasteiger partial charge in [0.05, 0.1) is 5.60 Å². The average Bonchev–Trinajstić information content (AvgIpc) is 2.36. The smallest absolute Gasteiger partial charge is 0.0653 e. The van der Waals surface area contributed by atoms with E-state index in [0.29, 0.717) is 0 Å². The van der Waals surface area contributed by atoms with E-state index in [-0.39, 0.29) is 5.54 Å². The van der Waals surface area contributed by atoms with E-state index >= 15 is 0 Å². The van der Waals surface area contributed by atoms with Gasteiger partial charge in [0, 0.05) is 30.9 Å². The first-order valence-electron chi connectivity index (χ1n) is 7.57. The molecule has 0 bridgehead atoms. The van der Waals surface area contributed by atoms with E-state index in [1.807, 2.05) is 6.92 Å². The minimum Gasteiger partial charge on any atom is -0.390 e. The Morgan fingerprint density at radius 1 is 1.20 bits per heavy atom. The van der Waals surface area contributed by atoms with Crippen LogP contribution in [0.5, 0.6) is 0 Å². The van der Waals surface area contributed by atoms with Crippen LogP contribution >= 0.6 is 0 Å². The van der Waals surface area contributed by atoms with Crippen molar-refractivity contribution in [2.24, 2.45) is 0 Å². The first-order chi connectivity index (χ1) is 9.27. The Labute approximate surface area is 123 Å². The summed E-state index contributed by atoms with van der Waals surface area (Å²) in [5.74, 6) is 0. The normalized spacial score (nSPS) is 19.1. The van der Waals surface area contributed by atoms with Crippen LogP contribution in [0.25, 0.3) is 0 Å². The van der Waals surface area contributed by atoms with Crippen molar-refractivity contribution < 1.29 is 5.11 Å². The molecule has 1 fully saturated rings. The topological polar surface area (TPSA) is 35.5 Å². The van der Waals surface area contributed by atoms with Gasteiger partial charge in [-0.05, 0) is 52.2 Å². The Balaban J connectivity index is 2.08. The van der Waals surface area contributed by atoms with Crippen molar-refractivity contribution in [3.05, 3.63) is 29.8 Å². The maximum Gasteiger partial charge on any atom is 0.0653 e. The largest absolute Gasteiger partial charge is 0.390 e. The fourth-order valence-corrected chi connectivity index (χ4v) is 2.56. The highest BCUT2D eigenvalue weighted by Crippen LogP contribution is 2.28. The molecule has 0 spiro atoms. The van der Waals surface area contributed by atoms with Crippen molar-refractivity contribution in [2.75, 3.05) is 18.0 Å². The number of nitrogens with one attached hydrogen (secondary N) is 1. The van der Waals surface area contributed by atoms with Gasteiger partial charge in [-0.25, -0.2) is 0 Å². The highest BCUT2D eigenvalue weighted by atomic mass is 16.3. The van der Waals surface area contributed by atoms with E-state index in [0.717, 1.165) is 32.5 Å². The van der Waals surface area contributed by atoms with Crippen molar-refractivity contribution in [1.29, 1.82) is 0 Å². The van der Waals surface area contributed by atoms with E-state index in [1.54, 1.807) is 0 Å². The maximum absolute atomic E-state index is 10.1.